The molecule has 0 fully saturated rings. The van der Waals surface area contributed by atoms with Gasteiger partial charge in [-0.2, -0.15) is 0 Å². The summed E-state index contributed by atoms with van der Waals surface area (Å²) in [6, 6.07) is 61.6. The van der Waals surface area contributed by atoms with Crippen molar-refractivity contribution in [3.05, 3.63) is 188 Å². The van der Waals surface area contributed by atoms with Crippen molar-refractivity contribution >= 4 is 35.2 Å². The molecule has 9 aromatic rings. The van der Waals surface area contributed by atoms with E-state index in [0.29, 0.717) is 5.92 Å². The number of furan rings is 1. The molecule has 0 N–H and O–H groups in total. The molecule has 0 atom stereocenters. The second-order valence-corrected chi connectivity index (χ2v) is 21.1. The van der Waals surface area contributed by atoms with Crippen LogP contribution in [-0.4, -0.2) is 18.0 Å². The van der Waals surface area contributed by atoms with Gasteiger partial charge in [0.15, 0.2) is 0 Å². The predicted octanol–water partition coefficient (Wildman–Crippen LogP) is 13.7. The van der Waals surface area contributed by atoms with Crippen LogP contribution in [0.15, 0.2) is 175 Å². The number of nitrogens with zero attached hydrogens (tertiary/aromatic N) is 2. The van der Waals surface area contributed by atoms with Gasteiger partial charge in [-0.05, 0) is 68.9 Å². The second-order valence-electron chi connectivity index (χ2n) is 16.0. The average Bonchev–Trinajstić information content (AvgIpc) is 3.63. The van der Waals surface area contributed by atoms with Crippen molar-refractivity contribution in [1.82, 2.24) is 9.97 Å². The number of aromatic nitrogens is 2. The van der Waals surface area contributed by atoms with Crippen LogP contribution in [0.3, 0.4) is 0 Å². The predicted molar refractivity (Wildman–Crippen MR) is 242 cm³/mol. The maximum absolute atomic E-state index is 6.44. The van der Waals surface area contributed by atoms with Gasteiger partial charge in [-0.15, -0.1) is 53.6 Å². The fourth-order valence-electron chi connectivity index (χ4n) is 7.23. The van der Waals surface area contributed by atoms with E-state index in [-0.39, 0.29) is 20.1 Å². The van der Waals surface area contributed by atoms with E-state index in [1.54, 1.807) is 0 Å². The largest absolute Gasteiger partial charge is 0.501 e. The molecule has 0 saturated carbocycles. The van der Waals surface area contributed by atoms with E-state index in [0.717, 1.165) is 56.4 Å². The van der Waals surface area contributed by atoms with Crippen LogP contribution in [0.5, 0.6) is 0 Å². The van der Waals surface area contributed by atoms with E-state index in [1.807, 2.05) is 36.7 Å². The average molecular weight is 947 g/mol. The Bertz CT molecular complexity index is 2750. The van der Waals surface area contributed by atoms with Gasteiger partial charge in [0.05, 0.1) is 13.7 Å². The third-order valence-electron chi connectivity index (χ3n) is 10.3. The fraction of sp³-hybridized carbons (Fsp3) is 0.132. The van der Waals surface area contributed by atoms with Crippen molar-refractivity contribution in [1.29, 1.82) is 0 Å². The van der Waals surface area contributed by atoms with Gasteiger partial charge >= 0.3 is 0 Å². The van der Waals surface area contributed by atoms with Gasteiger partial charge in [-0.3, -0.25) is 0 Å². The summed E-state index contributed by atoms with van der Waals surface area (Å²) in [6.45, 7) is 11.5. The standard InChI is InChI=1S/C33H26NO.C20H20NSi.Ir/c1-22(2)19-23-17-18-34-31(20-23)30-10-6-9-29-28-16-15-27(21-32(28)35-33(29)30)26-13-11-25(12-14-26)24-7-4-3-5-8-24;1-22(2,3)19-12-13-20(21-15-19)18-11-7-10-17(14-18)16-8-5-4-6-9-16;/h3-9,11-18,20-22H,19H2,1-2H3;4-10,12-15H,1-3H3;/q2*-1;. The number of hydrogen-bond donors (Lipinski definition) is 0. The van der Waals surface area contributed by atoms with Crippen LogP contribution in [0.4, 0.5) is 0 Å². The van der Waals surface area contributed by atoms with Crippen molar-refractivity contribution in [2.45, 2.75) is 39.9 Å². The maximum Gasteiger partial charge on any atom is 0.121 e. The summed E-state index contributed by atoms with van der Waals surface area (Å²) < 4.78 is 6.44. The number of benzene rings is 6. The molecule has 0 spiro atoms. The van der Waals surface area contributed by atoms with E-state index >= 15 is 0 Å². The molecule has 58 heavy (non-hydrogen) atoms. The molecule has 3 aromatic heterocycles. The minimum absolute atomic E-state index is 0. The van der Waals surface area contributed by atoms with Gasteiger partial charge in [-0.25, -0.2) is 0 Å². The summed E-state index contributed by atoms with van der Waals surface area (Å²) in [6.07, 6.45) is 4.95. The van der Waals surface area contributed by atoms with Crippen molar-refractivity contribution in [3.8, 4) is 55.9 Å². The Morgan fingerprint density at radius 1 is 0.569 bits per heavy atom. The molecule has 9 rings (SSSR count). The third-order valence-corrected chi connectivity index (χ3v) is 12.3. The van der Waals surface area contributed by atoms with E-state index < -0.39 is 8.07 Å². The third kappa shape index (κ3) is 9.19. The molecule has 0 aliphatic carbocycles. The molecule has 3 heterocycles. The second kappa shape index (κ2) is 17.8. The van der Waals surface area contributed by atoms with Crippen molar-refractivity contribution in [2.75, 3.05) is 0 Å². The molecule has 0 unspecified atom stereocenters. The Morgan fingerprint density at radius 2 is 1.19 bits per heavy atom. The Labute approximate surface area is 357 Å². The normalized spacial score (nSPS) is 11.3. The van der Waals surface area contributed by atoms with Crippen molar-refractivity contribution in [3.63, 3.8) is 0 Å². The summed E-state index contributed by atoms with van der Waals surface area (Å²) in [4.78, 5) is 9.30. The summed E-state index contributed by atoms with van der Waals surface area (Å²) >= 11 is 0. The molecule has 0 aliphatic rings. The van der Waals surface area contributed by atoms with Gasteiger partial charge < -0.3 is 14.4 Å². The van der Waals surface area contributed by atoms with Gasteiger partial charge in [0, 0.05) is 37.9 Å². The SMILES string of the molecule is CC(C)Cc1ccnc(-c2[c-]ccc3c2oc2cc(-c4ccc(-c5ccccc5)cc4)ccc23)c1.C[Si](C)(C)c1ccc(-c2[c-]ccc(-c3ccccc3)c2)nc1.[Ir]. The Balaban J connectivity index is 0.000000192. The summed E-state index contributed by atoms with van der Waals surface area (Å²) in [5, 5.41) is 3.59. The van der Waals surface area contributed by atoms with Crippen molar-refractivity contribution < 1.29 is 24.5 Å². The minimum Gasteiger partial charge on any atom is -0.501 e. The molecule has 6 aromatic carbocycles. The number of rotatable bonds is 8. The molecule has 0 aliphatic heterocycles. The van der Waals surface area contributed by atoms with E-state index in [4.69, 9.17) is 4.42 Å². The van der Waals surface area contributed by atoms with Crippen LogP contribution in [0.2, 0.25) is 19.6 Å². The minimum atomic E-state index is -1.29. The van der Waals surface area contributed by atoms with Gasteiger partial charge in [-0.1, -0.05) is 165 Å². The Morgan fingerprint density at radius 3 is 1.84 bits per heavy atom. The zero-order chi connectivity index (χ0) is 39.4. The van der Waals surface area contributed by atoms with Crippen LogP contribution >= 0.6 is 0 Å². The molecular formula is C53H46IrN2OSi-2. The summed E-state index contributed by atoms with van der Waals surface area (Å²) in [5.41, 5.74) is 14.0. The van der Waals surface area contributed by atoms with E-state index in [9.17, 15) is 0 Å². The van der Waals surface area contributed by atoms with Crippen LogP contribution in [0, 0.1) is 18.1 Å². The van der Waals surface area contributed by atoms with Gasteiger partial charge in [0.2, 0.25) is 0 Å². The molecule has 289 valence electrons. The fourth-order valence-corrected chi connectivity index (χ4v) is 8.26. The van der Waals surface area contributed by atoms with E-state index in [1.165, 1.54) is 38.6 Å². The molecule has 0 bridgehead atoms. The number of pyridine rings is 2. The molecule has 3 nitrogen and oxygen atoms in total. The Kier molecular flexibility index (Phi) is 12.4. The Hall–Kier alpha value is -5.71. The molecule has 5 heteroatoms. The molecular weight excluding hydrogens is 901 g/mol. The maximum atomic E-state index is 6.44. The summed E-state index contributed by atoms with van der Waals surface area (Å²) in [5.74, 6) is 0.594. The first-order chi connectivity index (χ1) is 27.7. The van der Waals surface area contributed by atoms with E-state index in [2.05, 4.69) is 189 Å². The molecule has 1 radical (unpaired) electrons. The number of hydrogen-bond acceptors (Lipinski definition) is 3. The zero-order valence-electron chi connectivity index (χ0n) is 33.6. The van der Waals surface area contributed by atoms with Crippen LogP contribution < -0.4 is 5.19 Å². The first kappa shape index (κ1) is 40.5. The topological polar surface area (TPSA) is 38.9 Å². The first-order valence-electron chi connectivity index (χ1n) is 19.7. The van der Waals surface area contributed by atoms with Crippen LogP contribution in [0.1, 0.15) is 19.4 Å². The quantitative estimate of drug-likeness (QED) is 0.113. The number of fused-ring (bicyclic) bond motifs is 3. The first-order valence-corrected chi connectivity index (χ1v) is 23.2. The van der Waals surface area contributed by atoms with Gasteiger partial charge in [0.25, 0.3) is 0 Å². The monoisotopic (exact) mass is 947 g/mol. The molecule has 0 amide bonds. The summed E-state index contributed by atoms with van der Waals surface area (Å²) in [7, 11) is -1.29. The molecule has 0 saturated heterocycles. The zero-order valence-corrected chi connectivity index (χ0v) is 37.0. The van der Waals surface area contributed by atoms with Crippen molar-refractivity contribution in [2.24, 2.45) is 5.92 Å². The van der Waals surface area contributed by atoms with Gasteiger partial charge in [0.1, 0.15) is 5.58 Å². The van der Waals surface area contributed by atoms with Crippen LogP contribution in [0.25, 0.3) is 77.8 Å². The van der Waals surface area contributed by atoms with Crippen LogP contribution in [-0.2, 0) is 26.5 Å². The smallest absolute Gasteiger partial charge is 0.121 e.